The molecule has 0 unspecified atom stereocenters. The highest BCUT2D eigenvalue weighted by Crippen LogP contribution is 2.14. The van der Waals surface area contributed by atoms with Gasteiger partial charge in [-0.25, -0.2) is 13.6 Å². The topological polar surface area (TPSA) is 78.9 Å². The second-order valence-electron chi connectivity index (χ2n) is 6.96. The fourth-order valence-electron chi connectivity index (χ4n) is 3.23. The Kier molecular flexibility index (Phi) is 6.90. The fraction of sp³-hybridized carbons (Fsp3) is 0.333. The van der Waals surface area contributed by atoms with Gasteiger partial charge in [0.1, 0.15) is 0 Å². The van der Waals surface area contributed by atoms with Crippen LogP contribution in [-0.2, 0) is 22.5 Å². The zero-order chi connectivity index (χ0) is 20.8. The maximum Gasteiger partial charge on any atom is 0.335 e. The van der Waals surface area contributed by atoms with E-state index < -0.39 is 17.6 Å². The van der Waals surface area contributed by atoms with Crippen LogP contribution < -0.4 is 5.32 Å². The van der Waals surface area contributed by atoms with Gasteiger partial charge in [-0.15, -0.1) is 0 Å². The maximum absolute atomic E-state index is 13.4. The number of nitrogens with zero attached hydrogens (tertiary/aromatic N) is 1. The molecule has 1 atom stereocenters. The number of benzene rings is 2. The Morgan fingerprint density at radius 2 is 1.97 bits per heavy atom. The van der Waals surface area contributed by atoms with Gasteiger partial charge in [-0.3, -0.25) is 9.69 Å². The first kappa shape index (κ1) is 20.9. The van der Waals surface area contributed by atoms with Crippen LogP contribution in [0.4, 0.5) is 8.78 Å². The number of hydrogen-bond donors (Lipinski definition) is 2. The molecule has 0 spiro atoms. The SMILES string of the molecule is O=C(Cc1cccc(C(=O)O)c1)NC[C@H]1CN(Cc2ccc(F)c(F)c2)CCO1. The van der Waals surface area contributed by atoms with Gasteiger partial charge in [-0.05, 0) is 35.4 Å². The Bertz CT molecular complexity index is 891. The Hall–Kier alpha value is -2.84. The molecule has 0 aliphatic carbocycles. The molecule has 0 radical (unpaired) electrons. The highest BCUT2D eigenvalue weighted by molar-refractivity contribution is 5.88. The summed E-state index contributed by atoms with van der Waals surface area (Å²) in [5, 5.41) is 11.8. The van der Waals surface area contributed by atoms with Crippen molar-refractivity contribution in [3.05, 3.63) is 70.8 Å². The zero-order valence-electron chi connectivity index (χ0n) is 15.7. The lowest BCUT2D eigenvalue weighted by atomic mass is 10.1. The number of carbonyl (C=O) groups excluding carboxylic acids is 1. The molecule has 29 heavy (non-hydrogen) atoms. The van der Waals surface area contributed by atoms with Crippen molar-refractivity contribution >= 4 is 11.9 Å². The van der Waals surface area contributed by atoms with E-state index >= 15 is 0 Å². The lowest BCUT2D eigenvalue weighted by Crippen LogP contribution is -2.47. The molecule has 0 bridgehead atoms. The van der Waals surface area contributed by atoms with Crippen LogP contribution in [0.1, 0.15) is 21.5 Å². The summed E-state index contributed by atoms with van der Waals surface area (Å²) in [7, 11) is 0. The Morgan fingerprint density at radius 3 is 2.72 bits per heavy atom. The van der Waals surface area contributed by atoms with Crippen molar-refractivity contribution in [1.29, 1.82) is 0 Å². The molecule has 8 heteroatoms. The van der Waals surface area contributed by atoms with E-state index in [1.165, 1.54) is 18.2 Å². The van der Waals surface area contributed by atoms with Crippen LogP contribution in [0.15, 0.2) is 42.5 Å². The summed E-state index contributed by atoms with van der Waals surface area (Å²) >= 11 is 0. The minimum atomic E-state index is -1.04. The van der Waals surface area contributed by atoms with Crippen molar-refractivity contribution in [2.45, 2.75) is 19.1 Å². The van der Waals surface area contributed by atoms with E-state index in [2.05, 4.69) is 10.2 Å². The third-order valence-electron chi connectivity index (χ3n) is 4.68. The minimum absolute atomic E-state index is 0.0758. The molecule has 2 aromatic rings. The van der Waals surface area contributed by atoms with E-state index in [0.717, 1.165) is 6.07 Å². The van der Waals surface area contributed by atoms with Gasteiger partial charge in [0.15, 0.2) is 11.6 Å². The van der Waals surface area contributed by atoms with E-state index in [4.69, 9.17) is 9.84 Å². The fourth-order valence-corrected chi connectivity index (χ4v) is 3.23. The van der Waals surface area contributed by atoms with E-state index in [0.29, 0.717) is 43.9 Å². The lowest BCUT2D eigenvalue weighted by molar-refractivity contribution is -0.121. The number of halogens is 2. The second-order valence-corrected chi connectivity index (χ2v) is 6.96. The van der Waals surface area contributed by atoms with Gasteiger partial charge in [-0.1, -0.05) is 18.2 Å². The lowest BCUT2D eigenvalue weighted by Gasteiger charge is -2.33. The molecular weight excluding hydrogens is 382 g/mol. The molecule has 1 aliphatic heterocycles. The number of carboxylic acid groups (broad SMARTS) is 1. The monoisotopic (exact) mass is 404 g/mol. The average molecular weight is 404 g/mol. The first-order chi connectivity index (χ1) is 13.9. The number of ether oxygens (including phenoxy) is 1. The molecule has 1 amide bonds. The number of carbonyl (C=O) groups is 2. The molecule has 1 heterocycles. The van der Waals surface area contributed by atoms with E-state index in [9.17, 15) is 18.4 Å². The molecule has 2 aromatic carbocycles. The largest absolute Gasteiger partial charge is 0.478 e. The van der Waals surface area contributed by atoms with Crippen LogP contribution in [0, 0.1) is 11.6 Å². The summed E-state index contributed by atoms with van der Waals surface area (Å²) in [5.41, 5.74) is 1.43. The number of aromatic carboxylic acids is 1. The molecule has 2 N–H and O–H groups in total. The van der Waals surface area contributed by atoms with Gasteiger partial charge in [-0.2, -0.15) is 0 Å². The van der Waals surface area contributed by atoms with Crippen molar-refractivity contribution in [1.82, 2.24) is 10.2 Å². The van der Waals surface area contributed by atoms with Crippen molar-refractivity contribution in [2.75, 3.05) is 26.2 Å². The third-order valence-corrected chi connectivity index (χ3v) is 4.68. The summed E-state index contributed by atoms with van der Waals surface area (Å²) in [6.45, 7) is 2.46. The average Bonchev–Trinajstić information content (AvgIpc) is 2.70. The Balaban J connectivity index is 1.47. The van der Waals surface area contributed by atoms with Crippen LogP contribution >= 0.6 is 0 Å². The number of morpholine rings is 1. The van der Waals surface area contributed by atoms with Crippen LogP contribution in [0.2, 0.25) is 0 Å². The zero-order valence-corrected chi connectivity index (χ0v) is 15.7. The number of nitrogens with one attached hydrogen (secondary N) is 1. The summed E-state index contributed by atoms with van der Waals surface area (Å²) in [6.07, 6.45) is -0.143. The van der Waals surface area contributed by atoms with E-state index in [-0.39, 0.29) is 24.0 Å². The van der Waals surface area contributed by atoms with Gasteiger partial charge in [0.05, 0.1) is 24.7 Å². The molecule has 0 aromatic heterocycles. The minimum Gasteiger partial charge on any atom is -0.478 e. The summed E-state index contributed by atoms with van der Waals surface area (Å²) in [5.74, 6) is -3.00. The van der Waals surface area contributed by atoms with Crippen LogP contribution in [-0.4, -0.2) is 54.2 Å². The molecule has 0 saturated carbocycles. The molecule has 3 rings (SSSR count). The van der Waals surface area contributed by atoms with Crippen molar-refractivity contribution < 1.29 is 28.2 Å². The number of carboxylic acids is 1. The molecular formula is C21H22F2N2O4. The maximum atomic E-state index is 13.4. The van der Waals surface area contributed by atoms with Gasteiger partial charge >= 0.3 is 5.97 Å². The smallest absolute Gasteiger partial charge is 0.335 e. The van der Waals surface area contributed by atoms with Crippen molar-refractivity contribution in [3.63, 3.8) is 0 Å². The second kappa shape index (κ2) is 9.58. The van der Waals surface area contributed by atoms with Gasteiger partial charge in [0.2, 0.25) is 5.91 Å². The summed E-state index contributed by atoms with van der Waals surface area (Å²) in [6, 6.07) is 10.1. The highest BCUT2D eigenvalue weighted by Gasteiger charge is 2.21. The molecule has 1 aliphatic rings. The first-order valence-corrected chi connectivity index (χ1v) is 9.27. The van der Waals surface area contributed by atoms with Gasteiger partial charge in [0.25, 0.3) is 0 Å². The van der Waals surface area contributed by atoms with Crippen LogP contribution in [0.25, 0.3) is 0 Å². The number of amides is 1. The van der Waals surface area contributed by atoms with Crippen molar-refractivity contribution in [3.8, 4) is 0 Å². The normalized spacial score (nSPS) is 17.1. The summed E-state index contributed by atoms with van der Waals surface area (Å²) in [4.78, 5) is 25.2. The third kappa shape index (κ3) is 6.07. The van der Waals surface area contributed by atoms with E-state index in [1.807, 2.05) is 0 Å². The number of hydrogen-bond acceptors (Lipinski definition) is 4. The quantitative estimate of drug-likeness (QED) is 0.740. The first-order valence-electron chi connectivity index (χ1n) is 9.27. The van der Waals surface area contributed by atoms with E-state index in [1.54, 1.807) is 18.2 Å². The standard InChI is InChI=1S/C21H22F2N2O4/c22-18-5-4-15(9-19(18)23)12-25-6-7-29-17(13-25)11-24-20(26)10-14-2-1-3-16(8-14)21(27)28/h1-5,8-9,17H,6-7,10-13H2,(H,24,26)(H,27,28)/t17-/m0/s1. The summed E-state index contributed by atoms with van der Waals surface area (Å²) < 4.78 is 32.1. The van der Waals surface area contributed by atoms with Crippen LogP contribution in [0.5, 0.6) is 0 Å². The molecule has 1 fully saturated rings. The Morgan fingerprint density at radius 1 is 1.14 bits per heavy atom. The predicted octanol–water partition coefficient (Wildman–Crippen LogP) is 2.22. The predicted molar refractivity (Wildman–Crippen MR) is 101 cm³/mol. The molecule has 6 nitrogen and oxygen atoms in total. The van der Waals surface area contributed by atoms with Crippen molar-refractivity contribution in [2.24, 2.45) is 0 Å². The highest BCUT2D eigenvalue weighted by atomic mass is 19.2. The van der Waals surface area contributed by atoms with Gasteiger partial charge in [0, 0.05) is 26.2 Å². The Labute approximate surface area is 167 Å². The number of rotatable bonds is 7. The molecule has 154 valence electrons. The van der Waals surface area contributed by atoms with Gasteiger partial charge < -0.3 is 15.2 Å². The van der Waals surface area contributed by atoms with Crippen LogP contribution in [0.3, 0.4) is 0 Å². The molecule has 1 saturated heterocycles.